The monoisotopic (exact) mass is 359 g/mol. The summed E-state index contributed by atoms with van der Waals surface area (Å²) in [6.07, 6.45) is 0.293. The van der Waals surface area contributed by atoms with Gasteiger partial charge >= 0.3 is 6.03 Å². The van der Waals surface area contributed by atoms with Gasteiger partial charge in [-0.25, -0.2) is 18.4 Å². The molecule has 0 aliphatic carbocycles. The fraction of sp³-hybridized carbons (Fsp3) is 0.308. The van der Waals surface area contributed by atoms with Gasteiger partial charge in [0.25, 0.3) is 0 Å². The fourth-order valence-corrected chi connectivity index (χ4v) is 4.07. The molecule has 0 aliphatic rings. The van der Waals surface area contributed by atoms with E-state index in [1.54, 1.807) is 0 Å². The Balaban J connectivity index is 1.84. The number of thiophene rings is 2. The summed E-state index contributed by atoms with van der Waals surface area (Å²) < 4.78 is 23.3. The van der Waals surface area contributed by atoms with Gasteiger partial charge in [0.2, 0.25) is 10.0 Å². The van der Waals surface area contributed by atoms with Crippen LogP contribution in [0.5, 0.6) is 0 Å². The van der Waals surface area contributed by atoms with E-state index in [0.717, 1.165) is 9.75 Å². The number of hydrogen-bond acceptors (Lipinski definition) is 5. The highest BCUT2D eigenvalue weighted by molar-refractivity contribution is 7.89. The molecule has 2 aromatic rings. The van der Waals surface area contributed by atoms with Crippen molar-refractivity contribution < 1.29 is 13.2 Å². The molecule has 0 fully saturated rings. The van der Waals surface area contributed by atoms with Crippen LogP contribution in [0.1, 0.15) is 9.75 Å². The second-order valence-corrected chi connectivity index (χ2v) is 8.55. The van der Waals surface area contributed by atoms with Gasteiger partial charge in [0, 0.05) is 22.7 Å². The topological polar surface area (TPSA) is 101 Å². The minimum atomic E-state index is -3.73. The zero-order valence-electron chi connectivity index (χ0n) is 11.7. The molecule has 0 radical (unpaired) electrons. The molecule has 2 heterocycles. The van der Waals surface area contributed by atoms with E-state index in [-0.39, 0.29) is 6.54 Å². The lowest BCUT2D eigenvalue weighted by molar-refractivity contribution is 0.240. The first-order chi connectivity index (χ1) is 10.4. The van der Waals surface area contributed by atoms with Crippen LogP contribution < -0.4 is 15.8 Å². The van der Waals surface area contributed by atoms with Crippen LogP contribution in [0.2, 0.25) is 0 Å². The van der Waals surface area contributed by atoms with Gasteiger partial charge in [-0.2, -0.15) is 0 Å². The second kappa shape index (κ2) is 7.73. The van der Waals surface area contributed by atoms with Crippen LogP contribution in [0.4, 0.5) is 4.79 Å². The Morgan fingerprint density at radius 3 is 2.32 bits per heavy atom. The van der Waals surface area contributed by atoms with Crippen molar-refractivity contribution in [2.24, 2.45) is 5.14 Å². The third-order valence-corrected chi connectivity index (χ3v) is 6.00. The van der Waals surface area contributed by atoms with Crippen LogP contribution in [0.3, 0.4) is 0 Å². The lowest BCUT2D eigenvalue weighted by atomic mass is 10.2. The van der Waals surface area contributed by atoms with Gasteiger partial charge in [-0.05, 0) is 22.9 Å². The maximum absolute atomic E-state index is 11.7. The number of carbonyl (C=O) groups is 1. The van der Waals surface area contributed by atoms with Gasteiger partial charge in [0.05, 0.1) is 11.8 Å². The van der Waals surface area contributed by atoms with E-state index in [4.69, 9.17) is 5.14 Å². The molecule has 120 valence electrons. The zero-order chi connectivity index (χ0) is 16.0. The van der Waals surface area contributed by atoms with Crippen molar-refractivity contribution in [3.8, 4) is 0 Å². The molecule has 2 amide bonds. The van der Waals surface area contributed by atoms with Crippen molar-refractivity contribution in [3.05, 3.63) is 44.8 Å². The molecule has 9 heteroatoms. The van der Waals surface area contributed by atoms with E-state index in [1.807, 2.05) is 35.0 Å². The maximum atomic E-state index is 11.7. The number of amides is 2. The van der Waals surface area contributed by atoms with Crippen molar-refractivity contribution in [3.63, 3.8) is 0 Å². The standard InChI is InChI=1S/C13H17N3O3S3/c14-22(18,19)12(7-10-3-1-5-20-10)9-16-13(17)15-8-11-4-2-6-21-11/h1-6,12H,7-9H2,(H2,14,18,19)(H2,15,16,17). The molecule has 0 aromatic carbocycles. The highest BCUT2D eigenvalue weighted by atomic mass is 32.2. The number of urea groups is 1. The molecule has 0 spiro atoms. The first kappa shape index (κ1) is 16.9. The van der Waals surface area contributed by atoms with E-state index in [1.165, 1.54) is 22.7 Å². The lowest BCUT2D eigenvalue weighted by Crippen LogP contribution is -2.44. The molecule has 0 bridgehead atoms. The Morgan fingerprint density at radius 2 is 1.77 bits per heavy atom. The highest BCUT2D eigenvalue weighted by Gasteiger charge is 2.23. The summed E-state index contributed by atoms with van der Waals surface area (Å²) in [5.74, 6) is 0. The summed E-state index contributed by atoms with van der Waals surface area (Å²) >= 11 is 3.00. The van der Waals surface area contributed by atoms with Crippen LogP contribution in [0.15, 0.2) is 35.0 Å². The first-order valence-electron chi connectivity index (χ1n) is 6.53. The van der Waals surface area contributed by atoms with Gasteiger partial charge < -0.3 is 10.6 Å². The third-order valence-electron chi connectivity index (χ3n) is 2.97. The average Bonchev–Trinajstić information content (AvgIpc) is 3.12. The molecule has 4 N–H and O–H groups in total. The smallest absolute Gasteiger partial charge is 0.315 e. The zero-order valence-corrected chi connectivity index (χ0v) is 14.1. The van der Waals surface area contributed by atoms with Gasteiger partial charge in [-0.1, -0.05) is 12.1 Å². The number of nitrogens with two attached hydrogens (primary N) is 1. The Bertz CT molecular complexity index is 681. The number of hydrogen-bond donors (Lipinski definition) is 3. The second-order valence-electron chi connectivity index (χ2n) is 4.64. The van der Waals surface area contributed by atoms with Crippen molar-refractivity contribution >= 4 is 38.7 Å². The fourth-order valence-electron chi connectivity index (χ4n) is 1.81. The molecular weight excluding hydrogens is 342 g/mol. The number of carbonyl (C=O) groups excluding carboxylic acids is 1. The molecule has 2 rings (SSSR count). The minimum Gasteiger partial charge on any atom is -0.337 e. The molecule has 0 saturated carbocycles. The number of sulfonamides is 1. The Labute approximate surface area is 137 Å². The quantitative estimate of drug-likeness (QED) is 0.698. The summed E-state index contributed by atoms with van der Waals surface area (Å²) in [6, 6.07) is 7.10. The number of rotatable bonds is 7. The van der Waals surface area contributed by atoms with Crippen LogP contribution in [0.25, 0.3) is 0 Å². The first-order valence-corrected chi connectivity index (χ1v) is 9.90. The Morgan fingerprint density at radius 1 is 1.14 bits per heavy atom. The molecule has 2 aromatic heterocycles. The van der Waals surface area contributed by atoms with E-state index >= 15 is 0 Å². The van der Waals surface area contributed by atoms with E-state index < -0.39 is 21.3 Å². The van der Waals surface area contributed by atoms with Gasteiger partial charge in [-0.3, -0.25) is 0 Å². The average molecular weight is 359 g/mol. The van der Waals surface area contributed by atoms with Crippen molar-refractivity contribution in [1.29, 1.82) is 0 Å². The molecule has 0 aliphatic heterocycles. The summed E-state index contributed by atoms with van der Waals surface area (Å²) in [5.41, 5.74) is 0. The molecule has 0 saturated heterocycles. The Hall–Kier alpha value is -1.42. The lowest BCUT2D eigenvalue weighted by Gasteiger charge is -2.15. The normalized spacial score (nSPS) is 12.8. The predicted octanol–water partition coefficient (Wildman–Crippen LogP) is 1.51. The SMILES string of the molecule is NS(=O)(=O)C(CNC(=O)NCc1cccs1)Cc1cccs1. The van der Waals surface area contributed by atoms with Crippen LogP contribution in [-0.2, 0) is 23.0 Å². The summed E-state index contributed by atoms with van der Waals surface area (Å²) in [7, 11) is -3.73. The van der Waals surface area contributed by atoms with Crippen molar-refractivity contribution in [2.75, 3.05) is 6.54 Å². The van der Waals surface area contributed by atoms with Crippen molar-refractivity contribution in [2.45, 2.75) is 18.2 Å². The maximum Gasteiger partial charge on any atom is 0.315 e. The summed E-state index contributed by atoms with van der Waals surface area (Å²) in [5, 5.41) is 13.4. The van der Waals surface area contributed by atoms with E-state index in [0.29, 0.717) is 13.0 Å². The van der Waals surface area contributed by atoms with Crippen LogP contribution in [-0.4, -0.2) is 26.2 Å². The van der Waals surface area contributed by atoms with Gasteiger partial charge in [0.1, 0.15) is 0 Å². The van der Waals surface area contributed by atoms with Crippen LogP contribution in [0, 0.1) is 0 Å². The van der Waals surface area contributed by atoms with Gasteiger partial charge in [0.15, 0.2) is 0 Å². The molecule has 22 heavy (non-hydrogen) atoms. The third kappa shape index (κ3) is 5.41. The molecule has 1 atom stereocenters. The van der Waals surface area contributed by atoms with Crippen molar-refractivity contribution in [1.82, 2.24) is 10.6 Å². The number of nitrogens with one attached hydrogen (secondary N) is 2. The molecular formula is C13H17N3O3S3. The Kier molecular flexibility index (Phi) is 5.95. The largest absolute Gasteiger partial charge is 0.337 e. The minimum absolute atomic E-state index is 0.0208. The summed E-state index contributed by atoms with van der Waals surface area (Å²) in [6.45, 7) is 0.390. The molecule has 6 nitrogen and oxygen atoms in total. The molecule has 1 unspecified atom stereocenters. The van der Waals surface area contributed by atoms with Crippen LogP contribution >= 0.6 is 22.7 Å². The van der Waals surface area contributed by atoms with Gasteiger partial charge in [-0.15, -0.1) is 22.7 Å². The van der Waals surface area contributed by atoms with E-state index in [9.17, 15) is 13.2 Å². The van der Waals surface area contributed by atoms with E-state index in [2.05, 4.69) is 10.6 Å². The predicted molar refractivity (Wildman–Crippen MR) is 89.5 cm³/mol. The highest BCUT2D eigenvalue weighted by Crippen LogP contribution is 2.13. The number of primary sulfonamides is 1. The summed E-state index contributed by atoms with van der Waals surface area (Å²) in [4.78, 5) is 13.7.